The number of hydrogen-bond acceptors (Lipinski definition) is 3. The van der Waals surface area contributed by atoms with Gasteiger partial charge >= 0.3 is 5.97 Å². The molecule has 0 unspecified atom stereocenters. The number of carboxylic acid groups (broad SMARTS) is 1. The Balaban J connectivity index is 2.25. The molecule has 1 heterocycles. The van der Waals surface area contributed by atoms with Gasteiger partial charge in [-0.05, 0) is 49.2 Å². The summed E-state index contributed by atoms with van der Waals surface area (Å²) in [4.78, 5) is 15.0. The molecule has 92 valence electrons. The average Bonchev–Trinajstić information content (AvgIpc) is 2.28. The topological polar surface area (TPSA) is 62.2 Å². The van der Waals surface area contributed by atoms with Crippen LogP contribution in [0.3, 0.4) is 0 Å². The van der Waals surface area contributed by atoms with E-state index in [1.54, 1.807) is 31.5 Å². The number of carboxylic acids is 1. The lowest BCUT2D eigenvalue weighted by atomic mass is 10.1. The van der Waals surface area contributed by atoms with Crippen LogP contribution in [0.4, 0.5) is 11.4 Å². The molecule has 0 spiro atoms. The number of pyridine rings is 1. The third kappa shape index (κ3) is 2.66. The van der Waals surface area contributed by atoms with Crippen LogP contribution in [0.25, 0.3) is 0 Å². The Morgan fingerprint density at radius 3 is 2.56 bits per heavy atom. The van der Waals surface area contributed by atoms with Gasteiger partial charge in [0.2, 0.25) is 0 Å². The first-order valence-corrected chi connectivity index (χ1v) is 5.59. The molecular formula is C14H14N2O2. The molecule has 0 bridgehead atoms. The van der Waals surface area contributed by atoms with E-state index in [9.17, 15) is 4.79 Å². The van der Waals surface area contributed by atoms with Gasteiger partial charge in [0, 0.05) is 11.9 Å². The molecule has 1 aromatic heterocycles. The Hall–Kier alpha value is -2.36. The molecule has 0 radical (unpaired) electrons. The standard InChI is InChI=1S/C14H14N2O2/c1-9-5-12(8-15-7-9)16-11-3-4-13(14(17)18)10(2)6-11/h3-8,16H,1-2H3,(H,17,18). The van der Waals surface area contributed by atoms with Gasteiger partial charge in [-0.3, -0.25) is 4.98 Å². The van der Waals surface area contributed by atoms with Crippen molar-refractivity contribution >= 4 is 17.3 Å². The molecule has 0 fully saturated rings. The zero-order valence-electron chi connectivity index (χ0n) is 10.3. The quantitative estimate of drug-likeness (QED) is 0.868. The van der Waals surface area contributed by atoms with Crippen molar-refractivity contribution < 1.29 is 9.90 Å². The Labute approximate surface area is 105 Å². The number of aromatic carboxylic acids is 1. The Morgan fingerprint density at radius 2 is 1.94 bits per heavy atom. The molecule has 2 rings (SSSR count). The van der Waals surface area contributed by atoms with E-state index in [-0.39, 0.29) is 0 Å². The van der Waals surface area contributed by atoms with Crippen molar-refractivity contribution in [1.29, 1.82) is 0 Å². The minimum Gasteiger partial charge on any atom is -0.478 e. The van der Waals surface area contributed by atoms with E-state index in [4.69, 9.17) is 5.11 Å². The van der Waals surface area contributed by atoms with Gasteiger partial charge in [0.25, 0.3) is 0 Å². The van der Waals surface area contributed by atoms with Crippen LogP contribution in [0.15, 0.2) is 36.7 Å². The van der Waals surface area contributed by atoms with Gasteiger partial charge in [-0.25, -0.2) is 4.79 Å². The minimum atomic E-state index is -0.906. The van der Waals surface area contributed by atoms with Crippen molar-refractivity contribution in [3.63, 3.8) is 0 Å². The molecule has 0 saturated carbocycles. The molecule has 18 heavy (non-hydrogen) atoms. The summed E-state index contributed by atoms with van der Waals surface area (Å²) in [6.45, 7) is 3.75. The van der Waals surface area contributed by atoms with Crippen molar-refractivity contribution in [2.75, 3.05) is 5.32 Å². The molecule has 0 aliphatic rings. The molecule has 2 aromatic rings. The largest absolute Gasteiger partial charge is 0.478 e. The molecule has 0 aliphatic carbocycles. The number of carbonyl (C=O) groups is 1. The number of anilines is 2. The third-order valence-electron chi connectivity index (χ3n) is 2.62. The normalized spacial score (nSPS) is 10.1. The number of hydrogen-bond donors (Lipinski definition) is 2. The summed E-state index contributed by atoms with van der Waals surface area (Å²) in [5.74, 6) is -0.906. The predicted octanol–water partition coefficient (Wildman–Crippen LogP) is 3.14. The lowest BCUT2D eigenvalue weighted by Crippen LogP contribution is -2.00. The van der Waals surface area contributed by atoms with Crippen molar-refractivity contribution in [1.82, 2.24) is 4.98 Å². The fourth-order valence-corrected chi connectivity index (χ4v) is 1.77. The maximum atomic E-state index is 10.9. The first-order valence-electron chi connectivity index (χ1n) is 5.59. The highest BCUT2D eigenvalue weighted by Gasteiger charge is 2.07. The van der Waals surface area contributed by atoms with Crippen molar-refractivity contribution in [3.05, 3.63) is 53.3 Å². The highest BCUT2D eigenvalue weighted by molar-refractivity contribution is 5.90. The van der Waals surface area contributed by atoms with Crippen molar-refractivity contribution in [3.8, 4) is 0 Å². The van der Waals surface area contributed by atoms with E-state index in [2.05, 4.69) is 10.3 Å². The second-order valence-corrected chi connectivity index (χ2v) is 4.21. The lowest BCUT2D eigenvalue weighted by molar-refractivity contribution is 0.0696. The SMILES string of the molecule is Cc1cncc(Nc2ccc(C(=O)O)c(C)c2)c1. The summed E-state index contributed by atoms with van der Waals surface area (Å²) in [6.07, 6.45) is 3.51. The molecule has 0 amide bonds. The lowest BCUT2D eigenvalue weighted by Gasteiger charge is -2.08. The van der Waals surface area contributed by atoms with Gasteiger partial charge in [0.15, 0.2) is 0 Å². The second-order valence-electron chi connectivity index (χ2n) is 4.21. The van der Waals surface area contributed by atoms with Gasteiger partial charge < -0.3 is 10.4 Å². The Bertz CT molecular complexity index is 594. The number of nitrogens with one attached hydrogen (secondary N) is 1. The third-order valence-corrected chi connectivity index (χ3v) is 2.62. The summed E-state index contributed by atoms with van der Waals surface area (Å²) in [5.41, 5.74) is 3.86. The van der Waals surface area contributed by atoms with E-state index >= 15 is 0 Å². The highest BCUT2D eigenvalue weighted by atomic mass is 16.4. The van der Waals surface area contributed by atoms with Crippen LogP contribution in [0, 0.1) is 13.8 Å². The fraction of sp³-hybridized carbons (Fsp3) is 0.143. The van der Waals surface area contributed by atoms with Crippen molar-refractivity contribution in [2.24, 2.45) is 0 Å². The van der Waals surface area contributed by atoms with Gasteiger partial charge in [-0.2, -0.15) is 0 Å². The average molecular weight is 242 g/mol. The Kier molecular flexibility index (Phi) is 3.28. The van der Waals surface area contributed by atoms with Crippen LogP contribution in [-0.4, -0.2) is 16.1 Å². The summed E-state index contributed by atoms with van der Waals surface area (Å²) < 4.78 is 0. The van der Waals surface area contributed by atoms with Crippen LogP contribution in [0.1, 0.15) is 21.5 Å². The van der Waals surface area contributed by atoms with Crippen LogP contribution >= 0.6 is 0 Å². The van der Waals surface area contributed by atoms with E-state index in [0.717, 1.165) is 22.5 Å². The van der Waals surface area contributed by atoms with Gasteiger partial charge in [0.1, 0.15) is 0 Å². The van der Waals surface area contributed by atoms with E-state index < -0.39 is 5.97 Å². The van der Waals surface area contributed by atoms with Crippen LogP contribution < -0.4 is 5.32 Å². The second kappa shape index (κ2) is 4.87. The molecule has 0 saturated heterocycles. The first-order chi connectivity index (χ1) is 8.56. The van der Waals surface area contributed by atoms with Crippen LogP contribution in [0.2, 0.25) is 0 Å². The highest BCUT2D eigenvalue weighted by Crippen LogP contribution is 2.20. The number of nitrogens with zero attached hydrogens (tertiary/aromatic N) is 1. The molecule has 4 heteroatoms. The smallest absolute Gasteiger partial charge is 0.335 e. The monoisotopic (exact) mass is 242 g/mol. The van der Waals surface area contributed by atoms with E-state index in [1.165, 1.54) is 0 Å². The first kappa shape index (κ1) is 12.1. The fourth-order valence-electron chi connectivity index (χ4n) is 1.77. The van der Waals surface area contributed by atoms with Crippen molar-refractivity contribution in [2.45, 2.75) is 13.8 Å². The molecule has 0 atom stereocenters. The zero-order valence-corrected chi connectivity index (χ0v) is 10.3. The van der Waals surface area contributed by atoms with Gasteiger partial charge in [0.05, 0.1) is 17.4 Å². The minimum absolute atomic E-state index is 0.322. The van der Waals surface area contributed by atoms with E-state index in [1.807, 2.05) is 19.1 Å². The van der Waals surface area contributed by atoms with Crippen LogP contribution in [-0.2, 0) is 0 Å². The molecule has 2 N–H and O–H groups in total. The number of aromatic nitrogens is 1. The maximum absolute atomic E-state index is 10.9. The molecule has 0 aliphatic heterocycles. The van der Waals surface area contributed by atoms with E-state index in [0.29, 0.717) is 5.56 Å². The van der Waals surface area contributed by atoms with Gasteiger partial charge in [-0.1, -0.05) is 0 Å². The predicted molar refractivity (Wildman–Crippen MR) is 70.4 cm³/mol. The van der Waals surface area contributed by atoms with Gasteiger partial charge in [-0.15, -0.1) is 0 Å². The summed E-state index contributed by atoms with van der Waals surface area (Å²) in [7, 11) is 0. The number of aryl methyl sites for hydroxylation is 2. The number of rotatable bonds is 3. The molecule has 4 nitrogen and oxygen atoms in total. The summed E-state index contributed by atoms with van der Waals surface area (Å²) in [5, 5.41) is 12.1. The molecule has 1 aromatic carbocycles. The van der Waals surface area contributed by atoms with Crippen LogP contribution in [0.5, 0.6) is 0 Å². The summed E-state index contributed by atoms with van der Waals surface area (Å²) in [6, 6.07) is 7.14. The number of benzene rings is 1. The molecular weight excluding hydrogens is 228 g/mol. The Morgan fingerprint density at radius 1 is 1.17 bits per heavy atom. The maximum Gasteiger partial charge on any atom is 0.335 e. The zero-order chi connectivity index (χ0) is 13.1. The summed E-state index contributed by atoms with van der Waals surface area (Å²) >= 11 is 0.